The first-order valence-corrected chi connectivity index (χ1v) is 10.2. The van der Waals surface area contributed by atoms with Crippen LogP contribution in [0.2, 0.25) is 5.02 Å². The highest BCUT2D eigenvalue weighted by Crippen LogP contribution is 2.23. The van der Waals surface area contributed by atoms with Crippen molar-refractivity contribution in [3.05, 3.63) is 76.0 Å². The molecule has 1 heterocycles. The minimum Gasteiger partial charge on any atom is -0.323 e. The van der Waals surface area contributed by atoms with Crippen molar-refractivity contribution >= 4 is 34.8 Å². The third-order valence-electron chi connectivity index (χ3n) is 4.66. The van der Waals surface area contributed by atoms with E-state index in [1.165, 1.54) is 6.07 Å². The zero-order chi connectivity index (χ0) is 22.5. The molecule has 3 rings (SSSR count). The maximum Gasteiger partial charge on any atom is 0.291 e. The monoisotopic (exact) mass is 438 g/mol. The van der Waals surface area contributed by atoms with Gasteiger partial charge in [0.15, 0.2) is 0 Å². The van der Waals surface area contributed by atoms with Crippen molar-refractivity contribution in [2.45, 2.75) is 26.8 Å². The molecule has 160 valence electrons. The number of hydrogen-bond acceptors (Lipinski definition) is 4. The molecular weight excluding hydrogens is 416 g/mol. The molecule has 0 unspecified atom stereocenters. The topological polar surface area (TPSA) is 93.1 Å². The third kappa shape index (κ3) is 5.19. The molecule has 8 heteroatoms. The molecule has 0 radical (unpaired) electrons. The number of amides is 2. The Hall–Kier alpha value is -3.45. The van der Waals surface area contributed by atoms with Crippen molar-refractivity contribution in [1.82, 2.24) is 9.78 Å². The summed E-state index contributed by atoms with van der Waals surface area (Å²) in [5, 5.41) is 10.1. The minimum atomic E-state index is -0.956. The average Bonchev–Trinajstić information content (AvgIpc) is 2.76. The average molecular weight is 439 g/mol. The maximum absolute atomic E-state index is 13.1. The minimum absolute atomic E-state index is 0.0601. The third-order valence-corrected chi connectivity index (χ3v) is 4.99. The first-order valence-electron chi connectivity index (χ1n) is 9.83. The molecule has 0 fully saturated rings. The zero-order valence-electron chi connectivity index (χ0n) is 17.4. The summed E-state index contributed by atoms with van der Waals surface area (Å²) in [6.45, 7) is 5.02. The number of carbonyl (C=O) groups excluding carboxylic acids is 2. The van der Waals surface area contributed by atoms with E-state index in [0.29, 0.717) is 16.4 Å². The Balaban J connectivity index is 2.03. The lowest BCUT2D eigenvalue weighted by Crippen LogP contribution is -2.36. The van der Waals surface area contributed by atoms with Crippen LogP contribution in [0.25, 0.3) is 11.3 Å². The lowest BCUT2D eigenvalue weighted by atomic mass is 10.1. The van der Waals surface area contributed by atoms with Crippen LogP contribution in [0, 0.1) is 5.92 Å². The number of aromatic nitrogens is 2. The van der Waals surface area contributed by atoms with Gasteiger partial charge in [-0.05, 0) is 25.1 Å². The van der Waals surface area contributed by atoms with Gasteiger partial charge >= 0.3 is 0 Å². The molecule has 3 aromatic rings. The number of rotatable bonds is 6. The smallest absolute Gasteiger partial charge is 0.291 e. The number of benzene rings is 2. The van der Waals surface area contributed by atoms with Gasteiger partial charge in [-0.3, -0.25) is 14.4 Å². The second kappa shape index (κ2) is 9.57. The summed E-state index contributed by atoms with van der Waals surface area (Å²) in [6.07, 6.45) is 0. The Morgan fingerprint density at radius 3 is 2.16 bits per heavy atom. The summed E-state index contributed by atoms with van der Waals surface area (Å²) in [7, 11) is 0. The number of anilines is 2. The Labute approximate surface area is 185 Å². The highest BCUT2D eigenvalue weighted by Gasteiger charge is 2.22. The highest BCUT2D eigenvalue weighted by atomic mass is 35.5. The van der Waals surface area contributed by atoms with Gasteiger partial charge in [-0.2, -0.15) is 5.10 Å². The van der Waals surface area contributed by atoms with Crippen LogP contribution < -0.4 is 16.2 Å². The maximum atomic E-state index is 13.1. The summed E-state index contributed by atoms with van der Waals surface area (Å²) >= 11 is 6.12. The molecule has 0 saturated carbocycles. The van der Waals surface area contributed by atoms with Gasteiger partial charge in [0.25, 0.3) is 5.56 Å². The number of para-hydroxylation sites is 1. The number of nitrogens with one attached hydrogen (secondary N) is 2. The predicted octanol–water partition coefficient (Wildman–Crippen LogP) is 4.36. The molecule has 2 N–H and O–H groups in total. The molecule has 2 aromatic carbocycles. The van der Waals surface area contributed by atoms with Crippen molar-refractivity contribution in [3.8, 4) is 11.3 Å². The summed E-state index contributed by atoms with van der Waals surface area (Å²) in [5.74, 6) is -1.08. The number of halogens is 1. The van der Waals surface area contributed by atoms with Crippen molar-refractivity contribution in [1.29, 1.82) is 0 Å². The van der Waals surface area contributed by atoms with Crippen LogP contribution in [0.5, 0.6) is 0 Å². The fourth-order valence-corrected chi connectivity index (χ4v) is 2.99. The van der Waals surface area contributed by atoms with Gasteiger partial charge < -0.3 is 10.6 Å². The molecule has 2 amide bonds. The molecule has 1 aromatic heterocycles. The molecular formula is C23H23ClN4O3. The van der Waals surface area contributed by atoms with Gasteiger partial charge in [0, 0.05) is 11.5 Å². The molecule has 0 spiro atoms. The van der Waals surface area contributed by atoms with Crippen LogP contribution in [0.3, 0.4) is 0 Å². The van der Waals surface area contributed by atoms with Crippen molar-refractivity contribution in [3.63, 3.8) is 0 Å². The van der Waals surface area contributed by atoms with Crippen LogP contribution in [0.1, 0.15) is 26.8 Å². The Morgan fingerprint density at radius 1 is 0.903 bits per heavy atom. The normalized spacial score (nSPS) is 11.8. The summed E-state index contributed by atoms with van der Waals surface area (Å²) in [5.41, 5.74) is 1.12. The molecule has 0 saturated heterocycles. The quantitative estimate of drug-likeness (QED) is 0.598. The first-order chi connectivity index (χ1) is 14.8. The molecule has 0 aliphatic heterocycles. The van der Waals surface area contributed by atoms with Gasteiger partial charge in [0.1, 0.15) is 11.7 Å². The fourth-order valence-electron chi connectivity index (χ4n) is 2.80. The van der Waals surface area contributed by atoms with Gasteiger partial charge in [-0.25, -0.2) is 4.68 Å². The SMILES string of the molecule is CC(C)C(=O)Nc1cc(-c2ccccc2)nn([C@H](C)C(=O)Nc2ccccc2Cl)c1=O. The van der Waals surface area contributed by atoms with Crippen LogP contribution in [-0.2, 0) is 9.59 Å². The predicted molar refractivity (Wildman–Crippen MR) is 122 cm³/mol. The molecule has 0 aliphatic carbocycles. The van der Waals surface area contributed by atoms with E-state index in [1.54, 1.807) is 45.0 Å². The highest BCUT2D eigenvalue weighted by molar-refractivity contribution is 6.33. The van der Waals surface area contributed by atoms with Gasteiger partial charge in [-0.15, -0.1) is 0 Å². The molecule has 31 heavy (non-hydrogen) atoms. The second-order valence-electron chi connectivity index (χ2n) is 7.35. The largest absolute Gasteiger partial charge is 0.323 e. The summed E-state index contributed by atoms with van der Waals surface area (Å²) in [6, 6.07) is 16.6. The van der Waals surface area contributed by atoms with Gasteiger partial charge in [-0.1, -0.05) is 67.9 Å². The molecule has 1 atom stereocenters. The van der Waals surface area contributed by atoms with Gasteiger partial charge in [0.2, 0.25) is 11.8 Å². The van der Waals surface area contributed by atoms with Crippen molar-refractivity contribution in [2.24, 2.45) is 5.92 Å². The van der Waals surface area contributed by atoms with E-state index in [0.717, 1.165) is 10.2 Å². The van der Waals surface area contributed by atoms with Crippen molar-refractivity contribution < 1.29 is 9.59 Å². The summed E-state index contributed by atoms with van der Waals surface area (Å²) in [4.78, 5) is 38.1. The van der Waals surface area contributed by atoms with E-state index in [1.807, 2.05) is 30.3 Å². The Kier molecular flexibility index (Phi) is 6.87. The number of nitrogens with zero attached hydrogens (tertiary/aromatic N) is 2. The van der Waals surface area contributed by atoms with E-state index in [9.17, 15) is 14.4 Å². The molecule has 0 aliphatic rings. The Bertz CT molecular complexity index is 1160. The van der Waals surface area contributed by atoms with Gasteiger partial charge in [0.05, 0.1) is 16.4 Å². The van der Waals surface area contributed by atoms with Crippen LogP contribution in [0.15, 0.2) is 65.5 Å². The van der Waals surface area contributed by atoms with E-state index >= 15 is 0 Å². The lowest BCUT2D eigenvalue weighted by Gasteiger charge is -2.18. The standard InChI is InChI=1S/C23H23ClN4O3/c1-14(2)21(29)26-20-13-19(16-9-5-4-6-10-16)27-28(23(20)31)15(3)22(30)25-18-12-8-7-11-17(18)24/h4-15H,1-3H3,(H,25,30)(H,26,29)/t15-/m1/s1. The first kappa shape index (κ1) is 22.2. The number of hydrogen-bond donors (Lipinski definition) is 2. The Morgan fingerprint density at radius 2 is 1.52 bits per heavy atom. The van der Waals surface area contributed by atoms with E-state index < -0.39 is 17.5 Å². The molecule has 7 nitrogen and oxygen atoms in total. The van der Waals surface area contributed by atoms with E-state index in [-0.39, 0.29) is 17.5 Å². The second-order valence-corrected chi connectivity index (χ2v) is 7.76. The molecule has 0 bridgehead atoms. The lowest BCUT2D eigenvalue weighted by molar-refractivity contribution is -0.119. The zero-order valence-corrected chi connectivity index (χ0v) is 18.2. The summed E-state index contributed by atoms with van der Waals surface area (Å²) < 4.78 is 1.07. The van der Waals surface area contributed by atoms with Crippen LogP contribution in [0.4, 0.5) is 11.4 Å². The number of carbonyl (C=O) groups is 2. The fraction of sp³-hybridized carbons (Fsp3) is 0.217. The van der Waals surface area contributed by atoms with E-state index in [2.05, 4.69) is 15.7 Å². The van der Waals surface area contributed by atoms with Crippen LogP contribution >= 0.6 is 11.6 Å². The van der Waals surface area contributed by atoms with Crippen LogP contribution in [-0.4, -0.2) is 21.6 Å². The van der Waals surface area contributed by atoms with E-state index in [4.69, 9.17) is 11.6 Å². The van der Waals surface area contributed by atoms with Crippen molar-refractivity contribution in [2.75, 3.05) is 10.6 Å².